The summed E-state index contributed by atoms with van der Waals surface area (Å²) in [4.78, 5) is 20.8. The highest BCUT2D eigenvalue weighted by Gasteiger charge is 2.21. The van der Waals surface area contributed by atoms with Gasteiger partial charge >= 0.3 is 0 Å². The Hall–Kier alpha value is -3.21. The van der Waals surface area contributed by atoms with Crippen LogP contribution in [-0.2, 0) is 4.74 Å². The standard InChI is InChI=1S/C26H30N6O/c1-2-8-24-23(7-1)28-21-26(29-24)31-14-10-22(11-15-31)33-20-6-5-13-30-16-18-32(19-17-30)25-9-3-4-12-27-25/h1-4,7-9,12,21-22H,10-11,13-20H2. The van der Waals surface area contributed by atoms with Crippen molar-refractivity contribution < 1.29 is 4.74 Å². The number of fused-ring (bicyclic) bond motifs is 1. The van der Waals surface area contributed by atoms with E-state index in [2.05, 4.69) is 42.6 Å². The topological polar surface area (TPSA) is 57.6 Å². The molecular weight excluding hydrogens is 412 g/mol. The van der Waals surface area contributed by atoms with Gasteiger partial charge in [0.2, 0.25) is 0 Å². The third-order valence-corrected chi connectivity index (χ3v) is 6.37. The van der Waals surface area contributed by atoms with Crippen molar-refractivity contribution in [1.82, 2.24) is 19.9 Å². The number of ether oxygens (including phenoxy) is 1. The molecule has 0 bridgehead atoms. The summed E-state index contributed by atoms with van der Waals surface area (Å²) in [6, 6.07) is 14.1. The molecule has 4 heterocycles. The summed E-state index contributed by atoms with van der Waals surface area (Å²) in [5, 5.41) is 0. The van der Waals surface area contributed by atoms with E-state index in [1.54, 1.807) is 0 Å². The summed E-state index contributed by atoms with van der Waals surface area (Å²) in [6.07, 6.45) is 5.99. The van der Waals surface area contributed by atoms with Gasteiger partial charge in [0.1, 0.15) is 18.2 Å². The molecule has 2 fully saturated rings. The van der Waals surface area contributed by atoms with Gasteiger partial charge < -0.3 is 14.5 Å². The molecule has 5 rings (SSSR count). The third kappa shape index (κ3) is 5.59. The number of benzene rings is 1. The van der Waals surface area contributed by atoms with Gasteiger partial charge in [-0.25, -0.2) is 9.97 Å². The molecule has 0 radical (unpaired) electrons. The fourth-order valence-electron chi connectivity index (χ4n) is 4.41. The Kier molecular flexibility index (Phi) is 6.95. The number of rotatable bonds is 5. The molecule has 0 amide bonds. The summed E-state index contributed by atoms with van der Waals surface area (Å²) in [5.74, 6) is 8.52. The van der Waals surface area contributed by atoms with Gasteiger partial charge in [-0.1, -0.05) is 30.0 Å². The highest BCUT2D eigenvalue weighted by molar-refractivity contribution is 5.75. The average molecular weight is 443 g/mol. The van der Waals surface area contributed by atoms with E-state index in [1.807, 2.05) is 48.8 Å². The van der Waals surface area contributed by atoms with Crippen molar-refractivity contribution in [2.75, 3.05) is 62.2 Å². The molecule has 0 aliphatic carbocycles. The summed E-state index contributed by atoms with van der Waals surface area (Å²) in [6.45, 7) is 7.21. The van der Waals surface area contributed by atoms with Gasteiger partial charge in [-0.05, 0) is 37.1 Å². The van der Waals surface area contributed by atoms with Crippen molar-refractivity contribution in [1.29, 1.82) is 0 Å². The maximum atomic E-state index is 6.03. The van der Waals surface area contributed by atoms with Crippen LogP contribution in [0.25, 0.3) is 11.0 Å². The second-order valence-corrected chi connectivity index (χ2v) is 8.52. The van der Waals surface area contributed by atoms with E-state index in [0.717, 1.165) is 81.3 Å². The normalized spacial score (nSPS) is 17.7. The molecule has 7 nitrogen and oxygen atoms in total. The zero-order valence-electron chi connectivity index (χ0n) is 18.9. The van der Waals surface area contributed by atoms with Crippen LogP contribution in [0.3, 0.4) is 0 Å². The lowest BCUT2D eigenvalue weighted by atomic mass is 10.1. The molecular formula is C26H30N6O. The molecule has 0 N–H and O–H groups in total. The van der Waals surface area contributed by atoms with Crippen LogP contribution in [-0.4, -0.2) is 78.4 Å². The van der Waals surface area contributed by atoms with Crippen LogP contribution in [0.15, 0.2) is 54.9 Å². The van der Waals surface area contributed by atoms with Gasteiger partial charge in [-0.15, -0.1) is 0 Å². The zero-order chi connectivity index (χ0) is 22.3. The van der Waals surface area contributed by atoms with Gasteiger partial charge in [0.25, 0.3) is 0 Å². The number of para-hydroxylation sites is 2. The molecule has 170 valence electrons. The second kappa shape index (κ2) is 10.6. The van der Waals surface area contributed by atoms with Gasteiger partial charge in [0.15, 0.2) is 0 Å². The fraction of sp³-hybridized carbons (Fsp3) is 0.423. The highest BCUT2D eigenvalue weighted by atomic mass is 16.5. The minimum Gasteiger partial charge on any atom is -0.365 e. The van der Waals surface area contributed by atoms with E-state index < -0.39 is 0 Å². The van der Waals surface area contributed by atoms with Gasteiger partial charge in [-0.3, -0.25) is 9.88 Å². The van der Waals surface area contributed by atoms with Crippen LogP contribution < -0.4 is 9.80 Å². The van der Waals surface area contributed by atoms with Crippen molar-refractivity contribution in [2.24, 2.45) is 0 Å². The molecule has 2 aliphatic rings. The van der Waals surface area contributed by atoms with E-state index in [1.165, 1.54) is 0 Å². The molecule has 7 heteroatoms. The number of piperidine rings is 1. The first-order valence-corrected chi connectivity index (χ1v) is 11.8. The number of anilines is 2. The van der Waals surface area contributed by atoms with E-state index in [-0.39, 0.29) is 6.10 Å². The Morgan fingerprint density at radius 1 is 0.788 bits per heavy atom. The lowest BCUT2D eigenvalue weighted by Crippen LogP contribution is -2.46. The minimum atomic E-state index is 0.269. The average Bonchev–Trinajstić information content (AvgIpc) is 2.89. The van der Waals surface area contributed by atoms with Gasteiger partial charge in [0.05, 0.1) is 29.9 Å². The molecule has 33 heavy (non-hydrogen) atoms. The molecule has 1 aromatic carbocycles. The molecule has 0 unspecified atom stereocenters. The monoisotopic (exact) mass is 442 g/mol. The first-order chi connectivity index (χ1) is 16.3. The molecule has 0 saturated carbocycles. The van der Waals surface area contributed by atoms with Crippen molar-refractivity contribution in [3.63, 3.8) is 0 Å². The molecule has 2 aromatic heterocycles. The summed E-state index contributed by atoms with van der Waals surface area (Å²) in [5.41, 5.74) is 1.88. The minimum absolute atomic E-state index is 0.269. The maximum absolute atomic E-state index is 6.03. The van der Waals surface area contributed by atoms with Crippen molar-refractivity contribution in [3.8, 4) is 11.8 Å². The van der Waals surface area contributed by atoms with Crippen LogP contribution in [0.4, 0.5) is 11.6 Å². The maximum Gasteiger partial charge on any atom is 0.147 e. The number of pyridine rings is 1. The van der Waals surface area contributed by atoms with E-state index in [9.17, 15) is 0 Å². The molecule has 2 aliphatic heterocycles. The van der Waals surface area contributed by atoms with Crippen molar-refractivity contribution in [3.05, 3.63) is 54.9 Å². The fourth-order valence-corrected chi connectivity index (χ4v) is 4.41. The Morgan fingerprint density at radius 3 is 2.33 bits per heavy atom. The van der Waals surface area contributed by atoms with Crippen LogP contribution in [0, 0.1) is 11.8 Å². The Morgan fingerprint density at radius 2 is 1.55 bits per heavy atom. The van der Waals surface area contributed by atoms with E-state index in [4.69, 9.17) is 9.72 Å². The SMILES string of the molecule is C(#CCN1CCN(c2ccccn2)CC1)COC1CCN(c2cnc3ccccc3n2)CC1. The number of hydrogen-bond acceptors (Lipinski definition) is 7. The quantitative estimate of drug-likeness (QED) is 0.563. The molecule has 0 spiro atoms. The van der Waals surface area contributed by atoms with E-state index in [0.29, 0.717) is 6.61 Å². The third-order valence-electron chi connectivity index (χ3n) is 6.37. The van der Waals surface area contributed by atoms with Gasteiger partial charge in [0, 0.05) is 45.5 Å². The lowest BCUT2D eigenvalue weighted by Gasteiger charge is -2.34. The van der Waals surface area contributed by atoms with E-state index >= 15 is 0 Å². The van der Waals surface area contributed by atoms with Gasteiger partial charge in [-0.2, -0.15) is 0 Å². The van der Waals surface area contributed by atoms with Crippen molar-refractivity contribution >= 4 is 22.7 Å². The first kappa shape index (κ1) is 21.6. The summed E-state index contributed by atoms with van der Waals surface area (Å²) < 4.78 is 6.03. The Balaban J connectivity index is 1.00. The predicted molar refractivity (Wildman–Crippen MR) is 131 cm³/mol. The zero-order valence-corrected chi connectivity index (χ0v) is 18.9. The molecule has 2 saturated heterocycles. The van der Waals surface area contributed by atoms with Crippen LogP contribution in [0.2, 0.25) is 0 Å². The highest BCUT2D eigenvalue weighted by Crippen LogP contribution is 2.21. The second-order valence-electron chi connectivity index (χ2n) is 8.52. The number of nitrogens with zero attached hydrogens (tertiary/aromatic N) is 6. The molecule has 3 aromatic rings. The largest absolute Gasteiger partial charge is 0.365 e. The Bertz CT molecular complexity index is 1100. The predicted octanol–water partition coefficient (Wildman–Crippen LogP) is 2.84. The summed E-state index contributed by atoms with van der Waals surface area (Å²) in [7, 11) is 0. The Labute approximate surface area is 195 Å². The smallest absolute Gasteiger partial charge is 0.147 e. The summed E-state index contributed by atoms with van der Waals surface area (Å²) >= 11 is 0. The number of hydrogen-bond donors (Lipinski definition) is 0. The van der Waals surface area contributed by atoms with Crippen LogP contribution >= 0.6 is 0 Å². The lowest BCUT2D eigenvalue weighted by molar-refractivity contribution is 0.0593. The molecule has 0 atom stereocenters. The first-order valence-electron chi connectivity index (χ1n) is 11.8. The van der Waals surface area contributed by atoms with Crippen molar-refractivity contribution in [2.45, 2.75) is 18.9 Å². The number of aromatic nitrogens is 3. The van der Waals surface area contributed by atoms with Crippen LogP contribution in [0.1, 0.15) is 12.8 Å². The number of piperazine rings is 1. The van der Waals surface area contributed by atoms with Crippen LogP contribution in [0.5, 0.6) is 0 Å².